The maximum Gasteiger partial charge on any atom is 0.242 e. The number of carbonyl (C=O) groups excluding carboxylic acids is 2. The van der Waals surface area contributed by atoms with Gasteiger partial charge in [0.05, 0.1) is 13.1 Å². The van der Waals surface area contributed by atoms with Crippen molar-refractivity contribution in [3.63, 3.8) is 0 Å². The van der Waals surface area contributed by atoms with Gasteiger partial charge < -0.3 is 9.80 Å². The molecule has 3 rings (SSSR count). The maximum atomic E-state index is 12.7. The maximum absolute atomic E-state index is 12.7. The van der Waals surface area contributed by atoms with Gasteiger partial charge in [-0.25, -0.2) is 10.0 Å². The fraction of sp³-hybridized carbons (Fsp3) is 0.417. The van der Waals surface area contributed by atoms with Crippen LogP contribution in [0.3, 0.4) is 0 Å². The molecule has 6 heteroatoms. The van der Waals surface area contributed by atoms with E-state index in [-0.39, 0.29) is 24.5 Å². The lowest BCUT2D eigenvalue weighted by molar-refractivity contribution is -0.192. The third-order valence-electron chi connectivity index (χ3n) is 5.79. The van der Waals surface area contributed by atoms with Gasteiger partial charge in [-0.1, -0.05) is 61.7 Å². The SMILES string of the molecule is C=C/C=C(\C=C)CCCCN1CC2N(CC1=O)C(=O)CN(C)N2Cc1ccccc1. The van der Waals surface area contributed by atoms with Crippen LogP contribution >= 0.6 is 0 Å². The summed E-state index contributed by atoms with van der Waals surface area (Å²) in [6.45, 7) is 9.99. The summed E-state index contributed by atoms with van der Waals surface area (Å²) in [5.74, 6) is 0.0550. The molecule has 1 aromatic carbocycles. The lowest BCUT2D eigenvalue weighted by Gasteiger charge is -2.52. The van der Waals surface area contributed by atoms with E-state index in [4.69, 9.17) is 0 Å². The van der Waals surface area contributed by atoms with Crippen molar-refractivity contribution in [3.05, 3.63) is 72.9 Å². The van der Waals surface area contributed by atoms with Crippen molar-refractivity contribution in [1.29, 1.82) is 0 Å². The minimum Gasteiger partial charge on any atom is -0.338 e. The van der Waals surface area contributed by atoms with Gasteiger partial charge in [0.2, 0.25) is 11.8 Å². The molecule has 0 aromatic heterocycles. The van der Waals surface area contributed by atoms with Crippen LogP contribution in [0.5, 0.6) is 0 Å². The zero-order valence-electron chi connectivity index (χ0n) is 17.9. The lowest BCUT2D eigenvalue weighted by atomic mass is 10.1. The quantitative estimate of drug-likeness (QED) is 0.466. The molecule has 160 valence electrons. The van der Waals surface area contributed by atoms with E-state index in [0.717, 1.165) is 24.8 Å². The number of hydrogen-bond acceptors (Lipinski definition) is 4. The number of hydrogen-bond donors (Lipinski definition) is 0. The van der Waals surface area contributed by atoms with Crippen molar-refractivity contribution in [2.75, 3.05) is 33.2 Å². The van der Waals surface area contributed by atoms with E-state index in [0.29, 0.717) is 26.2 Å². The van der Waals surface area contributed by atoms with E-state index < -0.39 is 0 Å². The van der Waals surface area contributed by atoms with Crippen LogP contribution in [-0.2, 0) is 16.1 Å². The Kier molecular flexibility index (Phi) is 7.60. The molecule has 0 saturated carbocycles. The number of carbonyl (C=O) groups is 2. The first kappa shape index (κ1) is 22.0. The van der Waals surface area contributed by atoms with Crippen molar-refractivity contribution >= 4 is 11.8 Å². The molecule has 1 aromatic rings. The molecule has 2 heterocycles. The van der Waals surface area contributed by atoms with Crippen molar-refractivity contribution in [2.24, 2.45) is 0 Å². The first-order valence-corrected chi connectivity index (χ1v) is 10.6. The third-order valence-corrected chi connectivity index (χ3v) is 5.79. The molecule has 2 saturated heterocycles. The molecule has 1 atom stereocenters. The van der Waals surface area contributed by atoms with Crippen LogP contribution in [0.1, 0.15) is 24.8 Å². The smallest absolute Gasteiger partial charge is 0.242 e. The average molecular weight is 409 g/mol. The zero-order valence-corrected chi connectivity index (χ0v) is 17.9. The molecule has 2 fully saturated rings. The van der Waals surface area contributed by atoms with Crippen LogP contribution in [0.2, 0.25) is 0 Å². The van der Waals surface area contributed by atoms with Gasteiger partial charge in [-0.2, -0.15) is 0 Å². The van der Waals surface area contributed by atoms with Crippen molar-refractivity contribution in [3.8, 4) is 0 Å². The molecule has 0 bridgehead atoms. The standard InChI is InChI=1S/C24H32N4O2/c1-4-11-20(5-2)12-9-10-15-26-17-22-27(19-23(26)29)24(30)18-25(3)28(22)16-21-13-7-6-8-14-21/h4-8,11,13-14,22H,1-2,9-10,12,15-19H2,3H3/b20-11+. The number of nitrogens with zero attached hydrogens (tertiary/aromatic N) is 4. The molecule has 2 amide bonds. The molecule has 0 aliphatic carbocycles. The molecule has 2 aliphatic rings. The largest absolute Gasteiger partial charge is 0.338 e. The molecular formula is C24H32N4O2. The molecule has 6 nitrogen and oxygen atoms in total. The second-order valence-corrected chi connectivity index (χ2v) is 7.88. The zero-order chi connectivity index (χ0) is 21.5. The van der Waals surface area contributed by atoms with Gasteiger partial charge in [-0.15, -0.1) is 0 Å². The van der Waals surface area contributed by atoms with Gasteiger partial charge in [-0.3, -0.25) is 9.59 Å². The van der Waals surface area contributed by atoms with E-state index in [9.17, 15) is 9.59 Å². The second kappa shape index (κ2) is 10.4. The highest BCUT2D eigenvalue weighted by Crippen LogP contribution is 2.23. The summed E-state index contributed by atoms with van der Waals surface area (Å²) in [5.41, 5.74) is 2.35. The Balaban J connectivity index is 1.64. The predicted molar refractivity (Wildman–Crippen MR) is 119 cm³/mol. The number of rotatable bonds is 9. The first-order valence-electron chi connectivity index (χ1n) is 10.6. The summed E-state index contributed by atoms with van der Waals surface area (Å²) in [6, 6.07) is 10.2. The lowest BCUT2D eigenvalue weighted by Crippen LogP contribution is -2.71. The van der Waals surface area contributed by atoms with Crippen LogP contribution in [0.4, 0.5) is 0 Å². The number of allylic oxidation sites excluding steroid dienone is 4. The number of benzene rings is 1. The highest BCUT2D eigenvalue weighted by Gasteiger charge is 2.43. The Morgan fingerprint density at radius 1 is 1.10 bits per heavy atom. The summed E-state index contributed by atoms with van der Waals surface area (Å²) >= 11 is 0. The summed E-state index contributed by atoms with van der Waals surface area (Å²) in [4.78, 5) is 28.9. The van der Waals surface area contributed by atoms with Crippen LogP contribution in [0.25, 0.3) is 0 Å². The normalized spacial score (nSPS) is 21.0. The van der Waals surface area contributed by atoms with E-state index in [1.807, 2.05) is 47.3 Å². The minimum absolute atomic E-state index is 0.0185. The van der Waals surface area contributed by atoms with Gasteiger partial charge in [0, 0.05) is 20.1 Å². The number of fused-ring (bicyclic) bond motifs is 1. The second-order valence-electron chi connectivity index (χ2n) is 7.88. The molecule has 30 heavy (non-hydrogen) atoms. The highest BCUT2D eigenvalue weighted by molar-refractivity contribution is 5.87. The number of likely N-dealkylation sites (N-methyl/N-ethyl adjacent to an activating group) is 1. The molecule has 0 N–H and O–H groups in total. The van der Waals surface area contributed by atoms with Crippen LogP contribution < -0.4 is 0 Å². The summed E-state index contributed by atoms with van der Waals surface area (Å²) in [6.07, 6.45) is 8.31. The summed E-state index contributed by atoms with van der Waals surface area (Å²) in [7, 11) is 1.95. The van der Waals surface area contributed by atoms with Gasteiger partial charge in [0.25, 0.3) is 0 Å². The Bertz CT molecular complexity index is 805. The number of amides is 2. The van der Waals surface area contributed by atoms with E-state index in [2.05, 4.69) is 30.3 Å². The summed E-state index contributed by atoms with van der Waals surface area (Å²) < 4.78 is 0. The van der Waals surface area contributed by atoms with Crippen molar-refractivity contribution in [1.82, 2.24) is 19.8 Å². The van der Waals surface area contributed by atoms with Gasteiger partial charge >= 0.3 is 0 Å². The number of piperazine rings is 1. The van der Waals surface area contributed by atoms with Gasteiger partial charge in [0.15, 0.2) is 0 Å². The Morgan fingerprint density at radius 2 is 1.87 bits per heavy atom. The molecular weight excluding hydrogens is 376 g/mol. The predicted octanol–water partition coefficient (Wildman–Crippen LogP) is 2.81. The number of hydrazine groups is 1. The van der Waals surface area contributed by atoms with Gasteiger partial charge in [-0.05, 0) is 30.4 Å². The van der Waals surface area contributed by atoms with Crippen LogP contribution in [0.15, 0.2) is 67.3 Å². The third kappa shape index (κ3) is 5.26. The fourth-order valence-electron chi connectivity index (χ4n) is 4.11. The topological polar surface area (TPSA) is 47.1 Å². The minimum atomic E-state index is -0.126. The van der Waals surface area contributed by atoms with Gasteiger partial charge in [0.1, 0.15) is 12.7 Å². The Hall–Kier alpha value is -2.70. The average Bonchev–Trinajstić information content (AvgIpc) is 2.74. The van der Waals surface area contributed by atoms with E-state index in [1.54, 1.807) is 11.0 Å². The van der Waals surface area contributed by atoms with E-state index in [1.165, 1.54) is 5.56 Å². The van der Waals surface area contributed by atoms with E-state index >= 15 is 0 Å². The van der Waals surface area contributed by atoms with Crippen LogP contribution in [0, 0.1) is 0 Å². The highest BCUT2D eigenvalue weighted by atomic mass is 16.2. The molecule has 1 unspecified atom stereocenters. The Morgan fingerprint density at radius 3 is 2.57 bits per heavy atom. The molecule has 2 aliphatic heterocycles. The fourth-order valence-corrected chi connectivity index (χ4v) is 4.11. The monoisotopic (exact) mass is 408 g/mol. The molecule has 0 spiro atoms. The Labute approximate surface area is 179 Å². The van der Waals surface area contributed by atoms with Crippen LogP contribution in [-0.4, -0.2) is 71.0 Å². The summed E-state index contributed by atoms with van der Waals surface area (Å²) in [5, 5.41) is 4.19. The van der Waals surface area contributed by atoms with Crippen molar-refractivity contribution in [2.45, 2.75) is 32.0 Å². The van der Waals surface area contributed by atoms with Crippen molar-refractivity contribution < 1.29 is 9.59 Å². The number of unbranched alkanes of at least 4 members (excludes halogenated alkanes) is 1. The molecule has 0 radical (unpaired) electrons. The first-order chi connectivity index (χ1) is 14.5.